The summed E-state index contributed by atoms with van der Waals surface area (Å²) in [7, 11) is 1.38. The molecule has 5 heteroatoms. The van der Waals surface area contributed by atoms with Crippen LogP contribution in [-0.4, -0.2) is 24.1 Å². The molecule has 0 spiro atoms. The van der Waals surface area contributed by atoms with E-state index in [0.717, 1.165) is 0 Å². The van der Waals surface area contributed by atoms with Crippen LogP contribution in [0.1, 0.15) is 20.7 Å². The summed E-state index contributed by atoms with van der Waals surface area (Å²) in [4.78, 5) is 22.9. The lowest BCUT2D eigenvalue weighted by atomic mass is 10.1. The summed E-state index contributed by atoms with van der Waals surface area (Å²) in [6.07, 6.45) is 0. The van der Waals surface area contributed by atoms with Crippen molar-refractivity contribution < 1.29 is 19.4 Å². The molecule has 0 radical (unpaired) electrons. The summed E-state index contributed by atoms with van der Waals surface area (Å²) >= 11 is 0. The highest BCUT2D eigenvalue weighted by Crippen LogP contribution is 2.23. The lowest BCUT2D eigenvalue weighted by Gasteiger charge is -2.09. The highest BCUT2D eigenvalue weighted by molar-refractivity contribution is 6.04. The molecule has 0 bridgehead atoms. The fourth-order valence-corrected chi connectivity index (χ4v) is 1.74. The van der Waals surface area contributed by atoms with Crippen LogP contribution in [0.2, 0.25) is 0 Å². The van der Waals surface area contributed by atoms with Crippen LogP contribution >= 0.6 is 0 Å². The van der Waals surface area contributed by atoms with E-state index in [1.807, 2.05) is 6.07 Å². The molecule has 2 N–H and O–H groups in total. The summed E-state index contributed by atoms with van der Waals surface area (Å²) in [5.41, 5.74) is 1.04. The molecule has 2 aromatic carbocycles. The van der Waals surface area contributed by atoms with E-state index in [9.17, 15) is 9.59 Å². The second-order valence-corrected chi connectivity index (χ2v) is 4.04. The van der Waals surface area contributed by atoms with Crippen molar-refractivity contribution in [2.24, 2.45) is 0 Å². The first-order chi connectivity index (χ1) is 9.61. The lowest BCUT2D eigenvalue weighted by Crippen LogP contribution is -2.12. The van der Waals surface area contributed by atoms with Crippen molar-refractivity contribution in [2.45, 2.75) is 0 Å². The zero-order valence-corrected chi connectivity index (χ0v) is 10.8. The van der Waals surface area contributed by atoms with Gasteiger partial charge in [-0.2, -0.15) is 0 Å². The van der Waals surface area contributed by atoms with Gasteiger partial charge in [-0.25, -0.2) is 4.79 Å². The summed E-state index contributed by atoms with van der Waals surface area (Å²) < 4.78 is 5.00. The fraction of sp³-hybridized carbons (Fsp3) is 0.0667. The van der Waals surface area contributed by atoms with Crippen molar-refractivity contribution in [3.63, 3.8) is 0 Å². The number of rotatable bonds is 4. The van der Waals surface area contributed by atoms with Gasteiger partial charge in [0, 0.05) is 17.3 Å². The van der Waals surface area contributed by atoms with Crippen LogP contribution in [-0.2, 0) is 0 Å². The van der Waals surface area contributed by atoms with Crippen LogP contribution in [0.25, 0.3) is 0 Å². The van der Waals surface area contributed by atoms with Crippen LogP contribution in [0.3, 0.4) is 0 Å². The number of nitrogens with one attached hydrogen (secondary N) is 1. The number of carboxylic acid groups (broad SMARTS) is 1. The molecule has 1 amide bonds. The van der Waals surface area contributed by atoms with Gasteiger partial charge in [-0.1, -0.05) is 18.2 Å². The molecule has 0 saturated heterocycles. The molecule has 2 rings (SSSR count). The second kappa shape index (κ2) is 5.88. The maximum Gasteiger partial charge on any atom is 0.339 e. The fourth-order valence-electron chi connectivity index (χ4n) is 1.74. The number of amides is 1. The molecular weight excluding hydrogens is 258 g/mol. The highest BCUT2D eigenvalue weighted by atomic mass is 16.5. The molecule has 2 aromatic rings. The molecule has 0 aliphatic rings. The Hall–Kier alpha value is -2.82. The average molecular weight is 271 g/mol. The van der Waals surface area contributed by atoms with E-state index >= 15 is 0 Å². The molecule has 0 heterocycles. The van der Waals surface area contributed by atoms with Gasteiger partial charge in [-0.3, -0.25) is 4.79 Å². The Morgan fingerprint density at radius 3 is 2.40 bits per heavy atom. The number of hydrogen-bond donors (Lipinski definition) is 2. The number of hydrogen-bond acceptors (Lipinski definition) is 3. The third kappa shape index (κ3) is 2.95. The number of anilines is 1. The molecule has 0 fully saturated rings. The lowest BCUT2D eigenvalue weighted by molar-refractivity contribution is 0.0693. The number of ether oxygens (including phenoxy) is 1. The first-order valence-corrected chi connectivity index (χ1v) is 5.89. The van der Waals surface area contributed by atoms with Crippen molar-refractivity contribution >= 4 is 17.6 Å². The normalized spacial score (nSPS) is 9.85. The van der Waals surface area contributed by atoms with Gasteiger partial charge >= 0.3 is 5.97 Å². The maximum atomic E-state index is 12.0. The molecule has 102 valence electrons. The Morgan fingerprint density at radius 1 is 1.10 bits per heavy atom. The van der Waals surface area contributed by atoms with Crippen LogP contribution in [0.5, 0.6) is 5.75 Å². The Balaban J connectivity index is 2.22. The Morgan fingerprint density at radius 2 is 1.80 bits per heavy atom. The number of carbonyl (C=O) groups excluding carboxylic acids is 1. The summed E-state index contributed by atoms with van der Waals surface area (Å²) in [6, 6.07) is 13.1. The predicted molar refractivity (Wildman–Crippen MR) is 74.3 cm³/mol. The van der Waals surface area contributed by atoms with Crippen LogP contribution in [0.15, 0.2) is 48.5 Å². The van der Waals surface area contributed by atoms with Crippen LogP contribution in [0, 0.1) is 0 Å². The van der Waals surface area contributed by atoms with Crippen molar-refractivity contribution in [1.29, 1.82) is 0 Å². The summed E-state index contributed by atoms with van der Waals surface area (Å²) in [5.74, 6) is -1.15. The predicted octanol–water partition coefficient (Wildman–Crippen LogP) is 2.65. The largest absolute Gasteiger partial charge is 0.496 e. The zero-order chi connectivity index (χ0) is 14.5. The number of methoxy groups -OCH3 is 1. The third-order valence-corrected chi connectivity index (χ3v) is 2.73. The first-order valence-electron chi connectivity index (χ1n) is 5.89. The third-order valence-electron chi connectivity index (χ3n) is 2.73. The van der Waals surface area contributed by atoms with Gasteiger partial charge in [0.25, 0.3) is 5.91 Å². The van der Waals surface area contributed by atoms with Crippen molar-refractivity contribution in [2.75, 3.05) is 12.4 Å². The number of benzene rings is 2. The quantitative estimate of drug-likeness (QED) is 0.896. The van der Waals surface area contributed by atoms with Gasteiger partial charge in [0.05, 0.1) is 7.11 Å². The van der Waals surface area contributed by atoms with E-state index in [1.165, 1.54) is 25.3 Å². The Bertz CT molecular complexity index is 638. The molecule has 5 nitrogen and oxygen atoms in total. The van der Waals surface area contributed by atoms with Crippen molar-refractivity contribution in [3.05, 3.63) is 59.7 Å². The minimum Gasteiger partial charge on any atom is -0.496 e. The van der Waals surface area contributed by atoms with Gasteiger partial charge in [0.2, 0.25) is 0 Å². The van der Waals surface area contributed by atoms with E-state index < -0.39 is 5.97 Å². The van der Waals surface area contributed by atoms with Gasteiger partial charge < -0.3 is 15.2 Å². The number of carboxylic acids is 1. The topological polar surface area (TPSA) is 75.6 Å². The Labute approximate surface area is 115 Å². The standard InChI is InChI=1S/C15H13NO4/c1-20-13-9-11(7-8-12(13)15(18)19)16-14(17)10-5-3-2-4-6-10/h2-9H,1H3,(H,16,17)(H,18,19). The molecule has 0 aliphatic heterocycles. The monoisotopic (exact) mass is 271 g/mol. The molecule has 0 aromatic heterocycles. The molecule has 20 heavy (non-hydrogen) atoms. The molecular formula is C15H13NO4. The molecule has 0 unspecified atom stereocenters. The number of carbonyl (C=O) groups is 2. The minimum atomic E-state index is -1.08. The van der Waals surface area contributed by atoms with Gasteiger partial charge in [0.15, 0.2) is 0 Å². The first kappa shape index (κ1) is 13.6. The van der Waals surface area contributed by atoms with E-state index in [-0.39, 0.29) is 17.2 Å². The Kier molecular flexibility index (Phi) is 4.00. The van der Waals surface area contributed by atoms with Crippen molar-refractivity contribution in [1.82, 2.24) is 0 Å². The number of aromatic carboxylic acids is 1. The molecule has 0 atom stereocenters. The second-order valence-electron chi connectivity index (χ2n) is 4.04. The molecule has 0 saturated carbocycles. The van der Waals surface area contributed by atoms with E-state index in [1.54, 1.807) is 24.3 Å². The van der Waals surface area contributed by atoms with Crippen LogP contribution < -0.4 is 10.1 Å². The smallest absolute Gasteiger partial charge is 0.339 e. The zero-order valence-electron chi connectivity index (χ0n) is 10.8. The summed E-state index contributed by atoms with van der Waals surface area (Å²) in [6.45, 7) is 0. The molecule has 0 aliphatic carbocycles. The van der Waals surface area contributed by atoms with Crippen molar-refractivity contribution in [3.8, 4) is 5.75 Å². The van der Waals surface area contributed by atoms with E-state index in [4.69, 9.17) is 9.84 Å². The van der Waals surface area contributed by atoms with Gasteiger partial charge in [0.1, 0.15) is 11.3 Å². The minimum absolute atomic E-state index is 0.0465. The van der Waals surface area contributed by atoms with Gasteiger partial charge in [-0.15, -0.1) is 0 Å². The highest BCUT2D eigenvalue weighted by Gasteiger charge is 2.12. The van der Waals surface area contributed by atoms with E-state index in [0.29, 0.717) is 11.3 Å². The van der Waals surface area contributed by atoms with Gasteiger partial charge in [-0.05, 0) is 24.3 Å². The average Bonchev–Trinajstić information content (AvgIpc) is 2.47. The maximum absolute atomic E-state index is 12.0. The SMILES string of the molecule is COc1cc(NC(=O)c2ccccc2)ccc1C(=O)O. The van der Waals surface area contributed by atoms with Crippen LogP contribution in [0.4, 0.5) is 5.69 Å². The summed E-state index contributed by atoms with van der Waals surface area (Å²) in [5, 5.41) is 11.7. The van der Waals surface area contributed by atoms with E-state index in [2.05, 4.69) is 5.32 Å².